The Morgan fingerprint density at radius 1 is 1.13 bits per heavy atom. The Hall–Kier alpha value is -2.01. The lowest BCUT2D eigenvalue weighted by atomic mass is 10.1. The maximum Gasteiger partial charge on any atom is 0.371 e. The summed E-state index contributed by atoms with van der Waals surface area (Å²) < 4.78 is 24.5. The Balaban J connectivity index is 2.23. The first-order valence-corrected chi connectivity index (χ1v) is 7.98. The number of hydrogen-bond donors (Lipinski definition) is 0. The van der Waals surface area contributed by atoms with Crippen LogP contribution in [0, 0.1) is 26.6 Å². The molecule has 0 unspecified atom stereocenters. The van der Waals surface area contributed by atoms with Crippen LogP contribution in [-0.4, -0.2) is 12.4 Å². The molecule has 0 bridgehead atoms. The van der Waals surface area contributed by atoms with E-state index in [9.17, 15) is 9.18 Å². The van der Waals surface area contributed by atoms with Crippen molar-refractivity contribution >= 4 is 17.1 Å². The molecule has 2 aromatic carbocycles. The summed E-state index contributed by atoms with van der Waals surface area (Å²) in [6.07, 6.45) is 0. The number of thioether (sulfide) groups is 1. The maximum atomic E-state index is 14.1. The molecular formula is C18H19FO3S. The molecule has 0 atom stereocenters. The lowest BCUT2D eigenvalue weighted by Crippen LogP contribution is -2.03. The van der Waals surface area contributed by atoms with Crippen molar-refractivity contribution in [3.8, 4) is 5.75 Å². The minimum absolute atomic E-state index is 0.0509. The number of benzene rings is 2. The van der Waals surface area contributed by atoms with Crippen LogP contribution in [0.5, 0.6) is 5.75 Å². The van der Waals surface area contributed by atoms with E-state index in [-0.39, 0.29) is 6.61 Å². The van der Waals surface area contributed by atoms with E-state index in [4.69, 9.17) is 4.74 Å². The van der Waals surface area contributed by atoms with E-state index in [1.807, 2.05) is 32.9 Å². The summed E-state index contributed by atoms with van der Waals surface area (Å²) in [6, 6.07) is 8.57. The van der Waals surface area contributed by atoms with E-state index in [1.54, 1.807) is 12.1 Å². The van der Waals surface area contributed by atoms with Gasteiger partial charge < -0.3 is 9.47 Å². The minimum atomic E-state index is -0.487. The van der Waals surface area contributed by atoms with Crippen LogP contribution in [0.25, 0.3) is 0 Å². The summed E-state index contributed by atoms with van der Waals surface area (Å²) in [5.41, 5.74) is 3.64. The van der Waals surface area contributed by atoms with Crippen LogP contribution in [0.15, 0.2) is 35.2 Å². The van der Waals surface area contributed by atoms with Crippen molar-refractivity contribution in [3.05, 3.63) is 58.4 Å². The molecule has 0 aliphatic rings. The van der Waals surface area contributed by atoms with Gasteiger partial charge in [-0.15, -0.1) is 0 Å². The summed E-state index contributed by atoms with van der Waals surface area (Å²) in [6.45, 7) is 6.04. The smallest absolute Gasteiger partial charge is 0.371 e. The van der Waals surface area contributed by atoms with Gasteiger partial charge >= 0.3 is 5.30 Å². The van der Waals surface area contributed by atoms with Crippen LogP contribution in [0.4, 0.5) is 9.18 Å². The summed E-state index contributed by atoms with van der Waals surface area (Å²) in [5, 5.41) is -0.487. The maximum absolute atomic E-state index is 14.1. The quantitative estimate of drug-likeness (QED) is 0.569. The van der Waals surface area contributed by atoms with Crippen LogP contribution < -0.4 is 4.74 Å². The fourth-order valence-electron chi connectivity index (χ4n) is 2.15. The molecule has 0 saturated carbocycles. The topological polar surface area (TPSA) is 35.5 Å². The first-order valence-electron chi connectivity index (χ1n) is 7.16. The first-order chi connectivity index (χ1) is 10.9. The van der Waals surface area contributed by atoms with Crippen molar-refractivity contribution in [1.29, 1.82) is 0 Å². The van der Waals surface area contributed by atoms with Crippen molar-refractivity contribution in [2.24, 2.45) is 0 Å². The lowest BCUT2D eigenvalue weighted by Gasteiger charge is -2.14. The van der Waals surface area contributed by atoms with E-state index in [1.165, 1.54) is 18.7 Å². The highest BCUT2D eigenvalue weighted by molar-refractivity contribution is 8.13. The summed E-state index contributed by atoms with van der Waals surface area (Å²) >= 11 is 0.848. The average Bonchev–Trinajstić information content (AvgIpc) is 2.51. The Morgan fingerprint density at radius 3 is 2.52 bits per heavy atom. The fraction of sp³-hybridized carbons (Fsp3) is 0.278. The van der Waals surface area contributed by atoms with Gasteiger partial charge in [0.15, 0.2) is 0 Å². The Bertz CT molecular complexity index is 728. The molecule has 5 heteroatoms. The molecule has 0 saturated heterocycles. The van der Waals surface area contributed by atoms with Crippen LogP contribution in [0.2, 0.25) is 0 Å². The highest BCUT2D eigenvalue weighted by atomic mass is 32.2. The highest BCUT2D eigenvalue weighted by Crippen LogP contribution is 2.29. The summed E-state index contributed by atoms with van der Waals surface area (Å²) in [7, 11) is 1.29. The minimum Gasteiger partial charge on any atom is -0.488 e. The summed E-state index contributed by atoms with van der Waals surface area (Å²) in [4.78, 5) is 11.9. The average molecular weight is 334 g/mol. The van der Waals surface area contributed by atoms with Crippen molar-refractivity contribution in [1.82, 2.24) is 0 Å². The standard InChI is InChI=1S/C18H19FO3S/c1-11-8-13(3)16(9-12(11)2)22-10-14-15(19)6-5-7-17(14)23-18(20)21-4/h5-9H,10H2,1-4H3. The van der Waals surface area contributed by atoms with Crippen molar-refractivity contribution < 1.29 is 18.7 Å². The van der Waals surface area contributed by atoms with E-state index < -0.39 is 11.1 Å². The number of carbonyl (C=O) groups is 1. The van der Waals surface area contributed by atoms with E-state index in [0.717, 1.165) is 22.9 Å². The van der Waals surface area contributed by atoms with Gasteiger partial charge in [0.1, 0.15) is 18.2 Å². The van der Waals surface area contributed by atoms with Crippen LogP contribution in [0.3, 0.4) is 0 Å². The largest absolute Gasteiger partial charge is 0.488 e. The van der Waals surface area contributed by atoms with Gasteiger partial charge in [0.2, 0.25) is 0 Å². The molecule has 2 aromatic rings. The monoisotopic (exact) mass is 334 g/mol. The predicted molar refractivity (Wildman–Crippen MR) is 89.6 cm³/mol. The van der Waals surface area contributed by atoms with Gasteiger partial charge in [-0.2, -0.15) is 0 Å². The van der Waals surface area contributed by atoms with Crippen molar-refractivity contribution in [3.63, 3.8) is 0 Å². The van der Waals surface area contributed by atoms with Gasteiger partial charge in [0.05, 0.1) is 7.11 Å². The molecule has 0 aliphatic heterocycles. The second-order valence-corrected chi connectivity index (χ2v) is 6.24. The molecule has 3 nitrogen and oxygen atoms in total. The Kier molecular flexibility index (Phi) is 5.66. The molecular weight excluding hydrogens is 315 g/mol. The van der Waals surface area contributed by atoms with E-state index in [2.05, 4.69) is 4.74 Å². The van der Waals surface area contributed by atoms with Gasteiger partial charge in [-0.25, -0.2) is 9.18 Å². The Labute approximate surface area is 139 Å². The number of methoxy groups -OCH3 is 1. The van der Waals surface area contributed by atoms with Crippen molar-refractivity contribution in [2.75, 3.05) is 7.11 Å². The predicted octanol–water partition coefficient (Wildman–Crippen LogP) is 5.19. The number of aryl methyl sites for hydroxylation is 3. The number of hydrogen-bond acceptors (Lipinski definition) is 4. The van der Waals surface area contributed by atoms with E-state index >= 15 is 0 Å². The molecule has 0 radical (unpaired) electrons. The molecule has 0 aromatic heterocycles. The Morgan fingerprint density at radius 2 is 1.83 bits per heavy atom. The zero-order chi connectivity index (χ0) is 17.0. The first kappa shape index (κ1) is 17.3. The second kappa shape index (κ2) is 7.51. The normalized spacial score (nSPS) is 10.5. The van der Waals surface area contributed by atoms with Gasteiger partial charge in [-0.05, 0) is 67.4 Å². The SMILES string of the molecule is COC(=O)Sc1cccc(F)c1COc1cc(C)c(C)cc1C. The van der Waals surface area contributed by atoms with Gasteiger partial charge in [-0.1, -0.05) is 12.1 Å². The molecule has 0 fully saturated rings. The molecule has 0 spiro atoms. The fourth-order valence-corrected chi connectivity index (χ4v) is 2.83. The van der Waals surface area contributed by atoms with Gasteiger partial charge in [0, 0.05) is 10.5 Å². The van der Waals surface area contributed by atoms with E-state index in [0.29, 0.717) is 16.2 Å². The molecule has 0 heterocycles. The zero-order valence-electron chi connectivity index (χ0n) is 13.6. The molecule has 0 N–H and O–H groups in total. The third-order valence-electron chi connectivity index (χ3n) is 3.60. The number of ether oxygens (including phenoxy) is 2. The highest BCUT2D eigenvalue weighted by Gasteiger charge is 2.14. The molecule has 23 heavy (non-hydrogen) atoms. The summed E-state index contributed by atoms with van der Waals surface area (Å²) in [5.74, 6) is 0.311. The number of rotatable bonds is 4. The molecule has 122 valence electrons. The molecule has 0 aliphatic carbocycles. The molecule has 0 amide bonds. The van der Waals surface area contributed by atoms with Gasteiger partial charge in [-0.3, -0.25) is 0 Å². The molecule has 2 rings (SSSR count). The van der Waals surface area contributed by atoms with Crippen LogP contribution in [0.1, 0.15) is 22.3 Å². The van der Waals surface area contributed by atoms with Crippen LogP contribution >= 0.6 is 11.8 Å². The van der Waals surface area contributed by atoms with Crippen LogP contribution in [-0.2, 0) is 11.3 Å². The third kappa shape index (κ3) is 4.26. The number of halogens is 1. The lowest BCUT2D eigenvalue weighted by molar-refractivity contribution is 0.200. The van der Waals surface area contributed by atoms with Crippen molar-refractivity contribution in [2.45, 2.75) is 32.3 Å². The second-order valence-electron chi connectivity index (χ2n) is 5.26. The number of carbonyl (C=O) groups excluding carboxylic acids is 1. The van der Waals surface area contributed by atoms with Gasteiger partial charge in [0.25, 0.3) is 0 Å². The zero-order valence-corrected chi connectivity index (χ0v) is 14.4. The third-order valence-corrected chi connectivity index (χ3v) is 4.53.